The molecule has 0 saturated heterocycles. The van der Waals surface area contributed by atoms with Gasteiger partial charge in [-0.3, -0.25) is 4.98 Å². The number of pyridine rings is 1. The summed E-state index contributed by atoms with van der Waals surface area (Å²) >= 11 is 0. The van der Waals surface area contributed by atoms with Gasteiger partial charge in [0.1, 0.15) is 12.1 Å². The lowest BCUT2D eigenvalue weighted by Crippen LogP contribution is -2.07. The van der Waals surface area contributed by atoms with Crippen molar-refractivity contribution in [3.63, 3.8) is 0 Å². The van der Waals surface area contributed by atoms with Crippen LogP contribution >= 0.6 is 0 Å². The summed E-state index contributed by atoms with van der Waals surface area (Å²) in [6.07, 6.45) is 5.44. The Bertz CT molecular complexity index is 552. The normalized spacial score (nSPS) is 10.5. The van der Waals surface area contributed by atoms with Gasteiger partial charge in [0.2, 0.25) is 0 Å². The van der Waals surface area contributed by atoms with Gasteiger partial charge in [-0.25, -0.2) is 9.97 Å². The van der Waals surface area contributed by atoms with Crippen molar-refractivity contribution >= 4 is 5.82 Å². The quantitative estimate of drug-likeness (QED) is 0.892. The first kappa shape index (κ1) is 13.5. The highest BCUT2D eigenvalue weighted by Gasteiger charge is 2.11. The molecule has 19 heavy (non-hydrogen) atoms. The zero-order valence-electron chi connectivity index (χ0n) is 11.8. The molecule has 0 fully saturated rings. The van der Waals surface area contributed by atoms with Crippen molar-refractivity contribution in [3.8, 4) is 11.3 Å². The van der Waals surface area contributed by atoms with Crippen LogP contribution in [-0.2, 0) is 6.42 Å². The van der Waals surface area contributed by atoms with Gasteiger partial charge in [0.05, 0.1) is 5.69 Å². The van der Waals surface area contributed by atoms with Crippen LogP contribution in [0.4, 0.5) is 5.82 Å². The highest BCUT2D eigenvalue weighted by Crippen LogP contribution is 2.26. The Morgan fingerprint density at radius 1 is 1.16 bits per heavy atom. The SMILES string of the molecule is CCCNc1ncnc(-c2ccnc(C)c2)c1CC. The van der Waals surface area contributed by atoms with Gasteiger partial charge in [-0.05, 0) is 31.9 Å². The topological polar surface area (TPSA) is 50.7 Å². The van der Waals surface area contributed by atoms with Crippen molar-refractivity contribution < 1.29 is 0 Å². The third-order valence-electron chi connectivity index (χ3n) is 3.01. The molecule has 2 heterocycles. The molecule has 0 aliphatic carbocycles. The van der Waals surface area contributed by atoms with Gasteiger partial charge >= 0.3 is 0 Å². The maximum atomic E-state index is 4.45. The molecule has 0 amide bonds. The van der Waals surface area contributed by atoms with Gasteiger partial charge in [0.15, 0.2) is 0 Å². The van der Waals surface area contributed by atoms with Crippen LogP contribution in [0, 0.1) is 6.92 Å². The molecular formula is C15H20N4. The van der Waals surface area contributed by atoms with Crippen LogP contribution in [0.2, 0.25) is 0 Å². The van der Waals surface area contributed by atoms with Crippen LogP contribution in [0.1, 0.15) is 31.5 Å². The van der Waals surface area contributed by atoms with E-state index < -0.39 is 0 Å². The lowest BCUT2D eigenvalue weighted by Gasteiger charge is -2.13. The fraction of sp³-hybridized carbons (Fsp3) is 0.400. The van der Waals surface area contributed by atoms with Crippen LogP contribution in [0.3, 0.4) is 0 Å². The van der Waals surface area contributed by atoms with Crippen molar-refractivity contribution in [1.82, 2.24) is 15.0 Å². The third kappa shape index (κ3) is 3.08. The minimum Gasteiger partial charge on any atom is -0.370 e. The molecule has 0 aliphatic heterocycles. The van der Waals surface area contributed by atoms with Gasteiger partial charge in [-0.15, -0.1) is 0 Å². The third-order valence-corrected chi connectivity index (χ3v) is 3.01. The molecule has 2 rings (SSSR count). The highest BCUT2D eigenvalue weighted by atomic mass is 15.0. The molecule has 0 atom stereocenters. The summed E-state index contributed by atoms with van der Waals surface area (Å²) in [7, 11) is 0. The van der Waals surface area contributed by atoms with E-state index in [-0.39, 0.29) is 0 Å². The molecule has 0 unspecified atom stereocenters. The molecule has 4 nitrogen and oxygen atoms in total. The molecule has 0 aliphatic rings. The van der Waals surface area contributed by atoms with Crippen LogP contribution in [-0.4, -0.2) is 21.5 Å². The largest absolute Gasteiger partial charge is 0.370 e. The molecule has 0 saturated carbocycles. The number of aromatic nitrogens is 3. The second-order valence-corrected chi connectivity index (χ2v) is 4.52. The van der Waals surface area contributed by atoms with E-state index in [1.165, 1.54) is 5.56 Å². The Morgan fingerprint density at radius 3 is 2.68 bits per heavy atom. The first-order valence-corrected chi connectivity index (χ1v) is 6.77. The number of hydrogen-bond acceptors (Lipinski definition) is 4. The second kappa shape index (κ2) is 6.27. The van der Waals surface area contributed by atoms with Crippen molar-refractivity contribution in [2.45, 2.75) is 33.6 Å². The van der Waals surface area contributed by atoms with E-state index in [9.17, 15) is 0 Å². The zero-order valence-corrected chi connectivity index (χ0v) is 11.8. The zero-order chi connectivity index (χ0) is 13.7. The minimum absolute atomic E-state index is 0.906. The molecule has 100 valence electrons. The smallest absolute Gasteiger partial charge is 0.133 e. The van der Waals surface area contributed by atoms with E-state index in [0.29, 0.717) is 0 Å². The fourth-order valence-corrected chi connectivity index (χ4v) is 2.08. The lowest BCUT2D eigenvalue weighted by molar-refractivity contribution is 0.949. The van der Waals surface area contributed by atoms with E-state index in [2.05, 4.69) is 40.2 Å². The number of nitrogens with zero attached hydrogens (tertiary/aromatic N) is 3. The van der Waals surface area contributed by atoms with E-state index in [0.717, 1.165) is 42.2 Å². The lowest BCUT2D eigenvalue weighted by atomic mass is 10.0. The highest BCUT2D eigenvalue weighted by molar-refractivity contribution is 5.68. The van der Waals surface area contributed by atoms with E-state index in [4.69, 9.17) is 0 Å². The first-order valence-electron chi connectivity index (χ1n) is 6.77. The summed E-state index contributed by atoms with van der Waals surface area (Å²) < 4.78 is 0. The van der Waals surface area contributed by atoms with Crippen LogP contribution in [0.25, 0.3) is 11.3 Å². The van der Waals surface area contributed by atoms with Crippen molar-refractivity contribution in [1.29, 1.82) is 0 Å². The number of aryl methyl sites for hydroxylation is 1. The van der Waals surface area contributed by atoms with Gasteiger partial charge in [0, 0.05) is 29.6 Å². The molecule has 0 aromatic carbocycles. The maximum Gasteiger partial charge on any atom is 0.133 e. The van der Waals surface area contributed by atoms with Crippen molar-refractivity contribution in [2.75, 3.05) is 11.9 Å². The van der Waals surface area contributed by atoms with Gasteiger partial charge < -0.3 is 5.32 Å². The number of nitrogens with one attached hydrogen (secondary N) is 1. The van der Waals surface area contributed by atoms with Gasteiger partial charge in [-0.1, -0.05) is 13.8 Å². The fourth-order valence-electron chi connectivity index (χ4n) is 2.08. The summed E-state index contributed by atoms with van der Waals surface area (Å²) in [5, 5.41) is 3.37. The Labute approximate surface area is 114 Å². The predicted molar refractivity (Wildman–Crippen MR) is 78.2 cm³/mol. The standard InChI is InChI=1S/C15H20N4/c1-4-7-17-15-13(5-2)14(18-10-19-15)12-6-8-16-11(3)9-12/h6,8-10H,4-5,7H2,1-3H3,(H,17,18,19). The van der Waals surface area contributed by atoms with Crippen LogP contribution in [0.5, 0.6) is 0 Å². The average Bonchev–Trinajstić information content (AvgIpc) is 2.44. The van der Waals surface area contributed by atoms with Crippen LogP contribution < -0.4 is 5.32 Å². The van der Waals surface area contributed by atoms with Gasteiger partial charge in [0.25, 0.3) is 0 Å². The summed E-state index contributed by atoms with van der Waals surface area (Å²) in [6.45, 7) is 7.20. The first-order chi connectivity index (χ1) is 9.26. The Hall–Kier alpha value is -1.97. The van der Waals surface area contributed by atoms with Crippen LogP contribution in [0.15, 0.2) is 24.7 Å². The Morgan fingerprint density at radius 2 is 2.00 bits per heavy atom. The predicted octanol–water partition coefficient (Wildman–Crippen LogP) is 3.23. The number of anilines is 1. The summed E-state index contributed by atoms with van der Waals surface area (Å²) in [5.74, 6) is 0.948. The van der Waals surface area contributed by atoms with Crippen molar-refractivity contribution in [2.24, 2.45) is 0 Å². The minimum atomic E-state index is 0.906. The van der Waals surface area contributed by atoms with Crippen molar-refractivity contribution in [3.05, 3.63) is 35.9 Å². The molecule has 4 heteroatoms. The Balaban J connectivity index is 2.45. The second-order valence-electron chi connectivity index (χ2n) is 4.52. The van der Waals surface area contributed by atoms with E-state index in [1.54, 1.807) is 6.33 Å². The number of rotatable bonds is 5. The number of hydrogen-bond donors (Lipinski definition) is 1. The summed E-state index contributed by atoms with van der Waals surface area (Å²) in [5.41, 5.74) is 4.27. The van der Waals surface area contributed by atoms with Gasteiger partial charge in [-0.2, -0.15) is 0 Å². The Kier molecular flexibility index (Phi) is 4.44. The molecule has 2 aromatic heterocycles. The molecule has 2 aromatic rings. The molecule has 0 bridgehead atoms. The molecule has 1 N–H and O–H groups in total. The molecule has 0 radical (unpaired) electrons. The van der Waals surface area contributed by atoms with E-state index >= 15 is 0 Å². The maximum absolute atomic E-state index is 4.45. The summed E-state index contributed by atoms with van der Waals surface area (Å²) in [6, 6.07) is 4.06. The van der Waals surface area contributed by atoms with E-state index in [1.807, 2.05) is 19.2 Å². The summed E-state index contributed by atoms with van der Waals surface area (Å²) in [4.78, 5) is 13.0. The molecular weight excluding hydrogens is 236 g/mol. The molecule has 0 spiro atoms. The average molecular weight is 256 g/mol. The monoisotopic (exact) mass is 256 g/mol.